The maximum absolute atomic E-state index is 5.50. The fourth-order valence-corrected chi connectivity index (χ4v) is 1.95. The van der Waals surface area contributed by atoms with Gasteiger partial charge in [0.15, 0.2) is 5.82 Å². The fourth-order valence-electron chi connectivity index (χ4n) is 1.95. The van der Waals surface area contributed by atoms with Gasteiger partial charge in [0, 0.05) is 19.9 Å². The quantitative estimate of drug-likeness (QED) is 0.735. The smallest absolute Gasteiger partial charge is 0.157 e. The molecule has 0 aliphatic heterocycles. The molecule has 17 heavy (non-hydrogen) atoms. The molecule has 4 nitrogen and oxygen atoms in total. The number of nitrogens with one attached hydrogen (secondary N) is 1. The molecule has 1 aliphatic rings. The van der Waals surface area contributed by atoms with Crippen molar-refractivity contribution < 1.29 is 4.74 Å². The maximum atomic E-state index is 5.50. The molecule has 1 aliphatic carbocycles. The number of methoxy groups -OCH3 is 1. The summed E-state index contributed by atoms with van der Waals surface area (Å²) in [5.74, 6) is 1.46. The van der Waals surface area contributed by atoms with Gasteiger partial charge in [-0.1, -0.05) is 6.92 Å². The first-order valence-corrected chi connectivity index (χ1v) is 6.40. The number of hydrogen-bond acceptors (Lipinski definition) is 4. The van der Waals surface area contributed by atoms with Crippen LogP contribution in [0.4, 0.5) is 0 Å². The van der Waals surface area contributed by atoms with Gasteiger partial charge in [0.25, 0.3) is 0 Å². The highest BCUT2D eigenvalue weighted by Gasteiger charge is 2.34. The summed E-state index contributed by atoms with van der Waals surface area (Å²) in [6.45, 7) is 3.99. The van der Waals surface area contributed by atoms with Crippen LogP contribution in [0.25, 0.3) is 0 Å². The standard InChI is InChI=1S/C13H21N3O/c1-3-7-14-9-11-6-8-15-13(16-11)12(17-2)10-4-5-10/h6,8,10,12,14H,3-5,7,9H2,1-2H3. The Hall–Kier alpha value is -1.00. The van der Waals surface area contributed by atoms with E-state index in [1.54, 1.807) is 7.11 Å². The lowest BCUT2D eigenvalue weighted by Gasteiger charge is -2.13. The van der Waals surface area contributed by atoms with Crippen LogP contribution in [0, 0.1) is 5.92 Å². The normalized spacial score (nSPS) is 17.1. The zero-order chi connectivity index (χ0) is 12.1. The summed E-state index contributed by atoms with van der Waals surface area (Å²) in [5, 5.41) is 3.35. The van der Waals surface area contributed by atoms with Crippen molar-refractivity contribution in [1.29, 1.82) is 0 Å². The van der Waals surface area contributed by atoms with Gasteiger partial charge in [-0.2, -0.15) is 0 Å². The van der Waals surface area contributed by atoms with E-state index < -0.39 is 0 Å². The molecule has 1 unspecified atom stereocenters. The van der Waals surface area contributed by atoms with Gasteiger partial charge in [-0.15, -0.1) is 0 Å². The van der Waals surface area contributed by atoms with Crippen LogP contribution in [0.2, 0.25) is 0 Å². The van der Waals surface area contributed by atoms with Crippen LogP contribution in [0.3, 0.4) is 0 Å². The molecule has 1 N–H and O–H groups in total. The zero-order valence-electron chi connectivity index (χ0n) is 10.6. The summed E-state index contributed by atoms with van der Waals surface area (Å²) in [7, 11) is 1.74. The van der Waals surface area contributed by atoms with Gasteiger partial charge in [0.1, 0.15) is 6.10 Å². The third-order valence-corrected chi connectivity index (χ3v) is 3.02. The summed E-state index contributed by atoms with van der Waals surface area (Å²) in [6.07, 6.45) is 5.53. The molecule has 1 atom stereocenters. The molecule has 1 aromatic rings. The minimum absolute atomic E-state index is 0.0844. The van der Waals surface area contributed by atoms with E-state index in [-0.39, 0.29) is 6.10 Å². The molecular formula is C13H21N3O. The molecule has 0 radical (unpaired) electrons. The highest BCUT2D eigenvalue weighted by molar-refractivity contribution is 5.06. The van der Waals surface area contributed by atoms with E-state index in [1.165, 1.54) is 12.8 Å². The van der Waals surface area contributed by atoms with Crippen LogP contribution in [0.15, 0.2) is 12.3 Å². The van der Waals surface area contributed by atoms with Crippen molar-refractivity contribution in [2.24, 2.45) is 5.92 Å². The van der Waals surface area contributed by atoms with Crippen molar-refractivity contribution in [3.63, 3.8) is 0 Å². The van der Waals surface area contributed by atoms with Gasteiger partial charge in [-0.25, -0.2) is 9.97 Å². The Morgan fingerprint density at radius 1 is 1.53 bits per heavy atom. The Kier molecular flexibility index (Phi) is 4.45. The van der Waals surface area contributed by atoms with Crippen molar-refractivity contribution in [2.45, 2.75) is 38.8 Å². The van der Waals surface area contributed by atoms with Crippen LogP contribution in [-0.4, -0.2) is 23.6 Å². The SMILES string of the molecule is CCCNCc1ccnc(C(OC)C2CC2)n1. The number of rotatable bonds is 7. The van der Waals surface area contributed by atoms with E-state index in [2.05, 4.69) is 22.2 Å². The molecule has 94 valence electrons. The highest BCUT2D eigenvalue weighted by atomic mass is 16.5. The molecule has 1 heterocycles. The molecule has 1 fully saturated rings. The lowest BCUT2D eigenvalue weighted by molar-refractivity contribution is 0.0770. The van der Waals surface area contributed by atoms with Gasteiger partial charge >= 0.3 is 0 Å². The van der Waals surface area contributed by atoms with Gasteiger partial charge in [-0.3, -0.25) is 0 Å². The minimum Gasteiger partial charge on any atom is -0.373 e. The molecule has 1 saturated carbocycles. The van der Waals surface area contributed by atoms with Gasteiger partial charge < -0.3 is 10.1 Å². The first kappa shape index (κ1) is 12.5. The lowest BCUT2D eigenvalue weighted by atomic mass is 10.2. The molecular weight excluding hydrogens is 214 g/mol. The Labute approximate surface area is 103 Å². The van der Waals surface area contributed by atoms with Crippen LogP contribution in [0.5, 0.6) is 0 Å². The van der Waals surface area contributed by atoms with Crippen LogP contribution in [0.1, 0.15) is 43.8 Å². The second-order valence-electron chi connectivity index (χ2n) is 4.58. The van der Waals surface area contributed by atoms with E-state index >= 15 is 0 Å². The Balaban J connectivity index is 1.99. The number of hydrogen-bond donors (Lipinski definition) is 1. The predicted molar refractivity (Wildman–Crippen MR) is 66.5 cm³/mol. The lowest BCUT2D eigenvalue weighted by Crippen LogP contribution is -2.17. The third-order valence-electron chi connectivity index (χ3n) is 3.02. The number of aromatic nitrogens is 2. The highest BCUT2D eigenvalue weighted by Crippen LogP contribution is 2.41. The topological polar surface area (TPSA) is 47.0 Å². The first-order chi connectivity index (χ1) is 8.35. The van der Waals surface area contributed by atoms with Crippen molar-refractivity contribution in [3.8, 4) is 0 Å². The van der Waals surface area contributed by atoms with E-state index in [1.807, 2.05) is 12.3 Å². The second-order valence-corrected chi connectivity index (χ2v) is 4.58. The van der Waals surface area contributed by atoms with Crippen molar-refractivity contribution in [3.05, 3.63) is 23.8 Å². The molecule has 0 saturated heterocycles. The van der Waals surface area contributed by atoms with Gasteiger partial charge in [0.2, 0.25) is 0 Å². The largest absolute Gasteiger partial charge is 0.373 e. The summed E-state index contributed by atoms with van der Waals surface area (Å²) in [6, 6.07) is 1.96. The maximum Gasteiger partial charge on any atom is 0.157 e. The molecule has 0 amide bonds. The van der Waals surface area contributed by atoms with E-state index in [4.69, 9.17) is 4.74 Å². The zero-order valence-corrected chi connectivity index (χ0v) is 10.6. The molecule has 0 spiro atoms. The molecule has 0 aromatic carbocycles. The average Bonchev–Trinajstić information content (AvgIpc) is 3.16. The Morgan fingerprint density at radius 3 is 3.00 bits per heavy atom. The van der Waals surface area contributed by atoms with Crippen LogP contribution in [-0.2, 0) is 11.3 Å². The second kappa shape index (κ2) is 6.07. The van der Waals surface area contributed by atoms with E-state index in [0.29, 0.717) is 5.92 Å². The fraction of sp³-hybridized carbons (Fsp3) is 0.692. The van der Waals surface area contributed by atoms with Gasteiger partial charge in [0.05, 0.1) is 5.69 Å². The van der Waals surface area contributed by atoms with Gasteiger partial charge in [-0.05, 0) is 37.8 Å². The average molecular weight is 235 g/mol. The molecule has 0 bridgehead atoms. The summed E-state index contributed by atoms with van der Waals surface area (Å²) in [4.78, 5) is 8.91. The summed E-state index contributed by atoms with van der Waals surface area (Å²) >= 11 is 0. The van der Waals surface area contributed by atoms with Crippen LogP contribution >= 0.6 is 0 Å². The molecule has 2 rings (SSSR count). The molecule has 1 aromatic heterocycles. The summed E-state index contributed by atoms with van der Waals surface area (Å²) in [5.41, 5.74) is 1.05. The number of nitrogens with zero attached hydrogens (tertiary/aromatic N) is 2. The Bertz CT molecular complexity index is 352. The predicted octanol–water partition coefficient (Wildman–Crippen LogP) is 2.07. The van der Waals surface area contributed by atoms with E-state index in [9.17, 15) is 0 Å². The monoisotopic (exact) mass is 235 g/mol. The Morgan fingerprint density at radius 2 is 2.35 bits per heavy atom. The van der Waals surface area contributed by atoms with Crippen molar-refractivity contribution in [1.82, 2.24) is 15.3 Å². The van der Waals surface area contributed by atoms with Crippen LogP contribution < -0.4 is 5.32 Å². The van der Waals surface area contributed by atoms with E-state index in [0.717, 1.165) is 31.0 Å². The van der Waals surface area contributed by atoms with Crippen molar-refractivity contribution in [2.75, 3.05) is 13.7 Å². The molecule has 4 heteroatoms. The van der Waals surface area contributed by atoms with Crippen molar-refractivity contribution >= 4 is 0 Å². The summed E-state index contributed by atoms with van der Waals surface area (Å²) < 4.78 is 5.50. The number of ether oxygens (including phenoxy) is 1. The first-order valence-electron chi connectivity index (χ1n) is 6.40. The third kappa shape index (κ3) is 3.48. The minimum atomic E-state index is 0.0844.